The van der Waals surface area contributed by atoms with Gasteiger partial charge in [0.15, 0.2) is 0 Å². The molecule has 2 bridgehead atoms. The van der Waals surface area contributed by atoms with E-state index in [1.54, 1.807) is 0 Å². The molecule has 1 saturated heterocycles. The Labute approximate surface area is 190 Å². The van der Waals surface area contributed by atoms with Gasteiger partial charge in [-0.25, -0.2) is 0 Å². The van der Waals surface area contributed by atoms with Gasteiger partial charge in [0.2, 0.25) is 0 Å². The van der Waals surface area contributed by atoms with E-state index in [1.807, 2.05) is 0 Å². The Kier molecular flexibility index (Phi) is 4.62. The lowest BCUT2D eigenvalue weighted by Crippen LogP contribution is -2.12. The molecule has 158 valence electrons. The van der Waals surface area contributed by atoms with Crippen LogP contribution < -0.4 is 4.90 Å². The first-order valence-corrected chi connectivity index (χ1v) is 11.5. The first-order chi connectivity index (χ1) is 15.7. The number of rotatable bonds is 4. The summed E-state index contributed by atoms with van der Waals surface area (Å²) in [5.74, 6) is 0. The molecule has 0 aliphatic carbocycles. The van der Waals surface area contributed by atoms with E-state index < -0.39 is 0 Å². The number of hydrogen-bond acceptors (Lipinski definition) is 2. The number of hydrogen-bond donors (Lipinski definition) is 0. The monoisotopic (exact) mass is 417 g/mol. The van der Waals surface area contributed by atoms with Gasteiger partial charge in [0.25, 0.3) is 0 Å². The summed E-state index contributed by atoms with van der Waals surface area (Å²) in [7, 11) is 0. The van der Waals surface area contributed by atoms with E-state index >= 15 is 0 Å². The molecule has 2 heterocycles. The molecule has 2 atom stereocenters. The largest absolute Gasteiger partial charge is 0.366 e. The first kappa shape index (κ1) is 19.3. The van der Waals surface area contributed by atoms with Gasteiger partial charge >= 0.3 is 0 Å². The van der Waals surface area contributed by atoms with Crippen molar-refractivity contribution in [3.05, 3.63) is 113 Å². The topological polar surface area (TPSA) is 12.5 Å². The van der Waals surface area contributed by atoms with Gasteiger partial charge in [-0.15, -0.1) is 0 Å². The normalized spacial score (nSPS) is 18.6. The molecule has 0 aromatic heterocycles. The predicted molar refractivity (Wildman–Crippen MR) is 132 cm³/mol. The summed E-state index contributed by atoms with van der Waals surface area (Å²) in [6, 6.07) is 33.0. The third-order valence-corrected chi connectivity index (χ3v) is 6.97. The van der Waals surface area contributed by atoms with Crippen LogP contribution in [0.15, 0.2) is 91.0 Å². The summed E-state index contributed by atoms with van der Waals surface area (Å²) < 4.78 is 6.10. The van der Waals surface area contributed by atoms with E-state index in [0.717, 1.165) is 6.42 Å². The fourth-order valence-electron chi connectivity index (χ4n) is 5.26. The highest BCUT2D eigenvalue weighted by atomic mass is 16.5. The highest BCUT2D eigenvalue weighted by Crippen LogP contribution is 2.51. The fourth-order valence-corrected chi connectivity index (χ4v) is 5.26. The summed E-state index contributed by atoms with van der Waals surface area (Å²) in [6.45, 7) is 4.35. The molecular weight excluding hydrogens is 390 g/mol. The maximum atomic E-state index is 6.10. The van der Waals surface area contributed by atoms with Crippen molar-refractivity contribution in [2.24, 2.45) is 0 Å². The number of ether oxygens (including phenoxy) is 1. The number of benzene rings is 4. The molecular formula is C30H27NO. The van der Waals surface area contributed by atoms with Gasteiger partial charge in [-0.2, -0.15) is 0 Å². The predicted octanol–water partition coefficient (Wildman–Crippen LogP) is 8.35. The van der Waals surface area contributed by atoms with Crippen LogP contribution in [0.1, 0.15) is 47.3 Å². The van der Waals surface area contributed by atoms with Crippen LogP contribution in [0.25, 0.3) is 11.1 Å². The van der Waals surface area contributed by atoms with E-state index in [-0.39, 0.29) is 0 Å². The lowest BCUT2D eigenvalue weighted by molar-refractivity contribution is 0.0717. The van der Waals surface area contributed by atoms with E-state index in [1.165, 1.54) is 56.9 Å². The van der Waals surface area contributed by atoms with Crippen molar-refractivity contribution in [1.82, 2.24) is 0 Å². The molecule has 0 saturated carbocycles. The second kappa shape index (κ2) is 7.65. The molecule has 2 aliphatic rings. The molecule has 0 spiro atoms. The molecule has 2 unspecified atom stereocenters. The average molecular weight is 418 g/mol. The molecule has 4 aromatic rings. The standard InChI is InChI=1S/C30H27NO/c1-20-7-3-5-9-27(20)31(28-10-6-4-8-21(28)2)24-14-11-22(12-15-24)23-13-16-25-26(19-23)30-18-17-29(25)32-30/h3-16,19,29-30H,17-18H2,1-2H3. The van der Waals surface area contributed by atoms with Crippen molar-refractivity contribution >= 4 is 17.1 Å². The highest BCUT2D eigenvalue weighted by Gasteiger charge is 2.37. The Bertz CT molecular complexity index is 1240. The van der Waals surface area contributed by atoms with Crippen LogP contribution in [0.5, 0.6) is 0 Å². The van der Waals surface area contributed by atoms with Gasteiger partial charge in [0, 0.05) is 17.1 Å². The molecule has 0 N–H and O–H groups in total. The molecule has 2 nitrogen and oxygen atoms in total. The summed E-state index contributed by atoms with van der Waals surface area (Å²) in [5.41, 5.74) is 11.4. The number of aryl methyl sites for hydroxylation is 2. The molecule has 0 radical (unpaired) electrons. The smallest absolute Gasteiger partial charge is 0.0838 e. The molecule has 2 heteroatoms. The molecule has 1 fully saturated rings. The Balaban J connectivity index is 1.40. The van der Waals surface area contributed by atoms with Crippen molar-refractivity contribution < 1.29 is 4.74 Å². The fraction of sp³-hybridized carbons (Fsp3) is 0.200. The van der Waals surface area contributed by atoms with E-state index in [9.17, 15) is 0 Å². The minimum absolute atomic E-state index is 0.298. The van der Waals surface area contributed by atoms with Gasteiger partial charge in [-0.05, 0) is 90.4 Å². The zero-order valence-corrected chi connectivity index (χ0v) is 18.6. The Morgan fingerprint density at radius 3 is 1.81 bits per heavy atom. The maximum absolute atomic E-state index is 6.10. The number of nitrogens with zero attached hydrogens (tertiary/aromatic N) is 1. The molecule has 32 heavy (non-hydrogen) atoms. The van der Waals surface area contributed by atoms with Crippen molar-refractivity contribution in [2.45, 2.75) is 38.9 Å². The zero-order valence-electron chi connectivity index (χ0n) is 18.6. The van der Waals surface area contributed by atoms with E-state index in [4.69, 9.17) is 4.74 Å². The van der Waals surface area contributed by atoms with E-state index in [0.29, 0.717) is 12.2 Å². The van der Waals surface area contributed by atoms with Crippen LogP contribution in [0.2, 0.25) is 0 Å². The van der Waals surface area contributed by atoms with Crippen LogP contribution in [-0.4, -0.2) is 0 Å². The molecule has 2 aliphatic heterocycles. The second-order valence-corrected chi connectivity index (χ2v) is 8.99. The summed E-state index contributed by atoms with van der Waals surface area (Å²) in [6.07, 6.45) is 2.94. The Hall–Kier alpha value is -3.36. The Morgan fingerprint density at radius 2 is 1.19 bits per heavy atom. The molecule has 4 aromatic carbocycles. The lowest BCUT2D eigenvalue weighted by atomic mass is 9.89. The van der Waals surface area contributed by atoms with Gasteiger partial charge < -0.3 is 9.64 Å². The minimum Gasteiger partial charge on any atom is -0.366 e. The highest BCUT2D eigenvalue weighted by molar-refractivity contribution is 5.81. The van der Waals surface area contributed by atoms with Crippen molar-refractivity contribution in [3.8, 4) is 11.1 Å². The van der Waals surface area contributed by atoms with Crippen LogP contribution in [-0.2, 0) is 4.74 Å². The van der Waals surface area contributed by atoms with Crippen LogP contribution in [0, 0.1) is 13.8 Å². The van der Waals surface area contributed by atoms with Crippen molar-refractivity contribution in [1.29, 1.82) is 0 Å². The third-order valence-electron chi connectivity index (χ3n) is 6.97. The average Bonchev–Trinajstić information content (AvgIpc) is 3.45. The van der Waals surface area contributed by atoms with Gasteiger partial charge in [-0.3, -0.25) is 0 Å². The van der Waals surface area contributed by atoms with Crippen molar-refractivity contribution in [3.63, 3.8) is 0 Å². The number of para-hydroxylation sites is 2. The Morgan fingerprint density at radius 1 is 0.625 bits per heavy atom. The summed E-state index contributed by atoms with van der Waals surface area (Å²) in [4.78, 5) is 2.37. The van der Waals surface area contributed by atoms with Gasteiger partial charge in [-0.1, -0.05) is 60.7 Å². The SMILES string of the molecule is Cc1ccccc1N(c1ccc(-c2ccc3c(c2)C2CCC3O2)cc1)c1ccccc1C. The zero-order chi connectivity index (χ0) is 21.7. The maximum Gasteiger partial charge on any atom is 0.0838 e. The van der Waals surface area contributed by atoms with Crippen LogP contribution in [0.4, 0.5) is 17.1 Å². The van der Waals surface area contributed by atoms with Crippen LogP contribution >= 0.6 is 0 Å². The van der Waals surface area contributed by atoms with Crippen LogP contribution in [0.3, 0.4) is 0 Å². The number of anilines is 3. The van der Waals surface area contributed by atoms with E-state index in [2.05, 4.69) is 110 Å². The van der Waals surface area contributed by atoms with Gasteiger partial charge in [0.05, 0.1) is 12.2 Å². The number of fused-ring (bicyclic) bond motifs is 5. The van der Waals surface area contributed by atoms with Crippen molar-refractivity contribution in [2.75, 3.05) is 4.90 Å². The second-order valence-electron chi connectivity index (χ2n) is 8.99. The summed E-state index contributed by atoms with van der Waals surface area (Å²) in [5, 5.41) is 0. The third kappa shape index (κ3) is 3.14. The minimum atomic E-state index is 0.298. The van der Waals surface area contributed by atoms with Gasteiger partial charge in [0.1, 0.15) is 0 Å². The lowest BCUT2D eigenvalue weighted by Gasteiger charge is -2.28. The first-order valence-electron chi connectivity index (χ1n) is 11.5. The molecule has 0 amide bonds. The molecule has 6 rings (SSSR count). The summed E-state index contributed by atoms with van der Waals surface area (Å²) >= 11 is 0. The quantitative estimate of drug-likeness (QED) is 0.331.